The number of fused-ring (bicyclic) bond motifs is 2. The molecule has 0 unspecified atom stereocenters. The highest BCUT2D eigenvalue weighted by Gasteiger charge is 2.21. The average Bonchev–Trinajstić information content (AvgIpc) is 2.68. The molecular formula is C21H21N3O3. The summed E-state index contributed by atoms with van der Waals surface area (Å²) in [5.41, 5.74) is 2.65. The highest BCUT2D eigenvalue weighted by Crippen LogP contribution is 2.23. The minimum Gasteiger partial charge on any atom is -0.491 e. The Balaban J connectivity index is 1.39. The van der Waals surface area contributed by atoms with E-state index in [-0.39, 0.29) is 23.9 Å². The maximum Gasteiger partial charge on any atom is 0.261 e. The van der Waals surface area contributed by atoms with Crippen molar-refractivity contribution in [2.24, 2.45) is 0 Å². The van der Waals surface area contributed by atoms with Crippen LogP contribution in [0.2, 0.25) is 0 Å². The number of hydrogen-bond donors (Lipinski definition) is 1. The molecule has 0 radical (unpaired) electrons. The molecule has 0 bridgehead atoms. The van der Waals surface area contributed by atoms with Gasteiger partial charge in [0.05, 0.1) is 23.3 Å². The molecule has 0 saturated heterocycles. The lowest BCUT2D eigenvalue weighted by atomic mass is 10.0. The predicted octanol–water partition coefficient (Wildman–Crippen LogP) is 2.21. The van der Waals surface area contributed by atoms with Crippen molar-refractivity contribution in [3.8, 4) is 5.75 Å². The van der Waals surface area contributed by atoms with Crippen molar-refractivity contribution in [2.75, 3.05) is 6.61 Å². The average molecular weight is 363 g/mol. The zero-order valence-corrected chi connectivity index (χ0v) is 15.1. The van der Waals surface area contributed by atoms with Crippen LogP contribution in [-0.2, 0) is 17.8 Å². The Kier molecular flexibility index (Phi) is 4.62. The van der Waals surface area contributed by atoms with Crippen molar-refractivity contribution in [1.82, 2.24) is 14.9 Å². The molecule has 0 spiro atoms. The van der Waals surface area contributed by atoms with Gasteiger partial charge in [-0.2, -0.15) is 0 Å². The lowest BCUT2D eigenvalue weighted by Gasteiger charge is -2.26. The van der Waals surface area contributed by atoms with Gasteiger partial charge in [-0.1, -0.05) is 30.3 Å². The van der Waals surface area contributed by atoms with E-state index in [1.165, 1.54) is 10.9 Å². The van der Waals surface area contributed by atoms with Gasteiger partial charge >= 0.3 is 0 Å². The molecule has 0 saturated carbocycles. The Morgan fingerprint density at radius 3 is 3.00 bits per heavy atom. The molecule has 1 aliphatic rings. The topological polar surface area (TPSA) is 73.2 Å². The molecule has 1 atom stereocenters. The fourth-order valence-corrected chi connectivity index (χ4v) is 3.44. The normalized spacial score (nSPS) is 15.8. The lowest BCUT2D eigenvalue weighted by molar-refractivity contribution is -0.122. The highest BCUT2D eigenvalue weighted by atomic mass is 16.5. The van der Waals surface area contributed by atoms with Crippen LogP contribution in [0.4, 0.5) is 0 Å². The first-order valence-corrected chi connectivity index (χ1v) is 9.06. The first-order valence-electron chi connectivity index (χ1n) is 9.06. The Labute approximate surface area is 156 Å². The monoisotopic (exact) mass is 363 g/mol. The van der Waals surface area contributed by atoms with Crippen molar-refractivity contribution >= 4 is 16.8 Å². The summed E-state index contributed by atoms with van der Waals surface area (Å²) in [6, 6.07) is 13.3. The van der Waals surface area contributed by atoms with Crippen LogP contribution in [0.25, 0.3) is 10.9 Å². The quantitative estimate of drug-likeness (QED) is 0.771. The van der Waals surface area contributed by atoms with E-state index in [9.17, 15) is 9.59 Å². The van der Waals surface area contributed by atoms with Gasteiger partial charge in [0.1, 0.15) is 12.4 Å². The predicted molar refractivity (Wildman–Crippen MR) is 103 cm³/mol. The fraction of sp³-hybridized carbons (Fsp3) is 0.286. The summed E-state index contributed by atoms with van der Waals surface area (Å²) in [6.07, 6.45) is 2.49. The summed E-state index contributed by atoms with van der Waals surface area (Å²) >= 11 is 0. The summed E-state index contributed by atoms with van der Waals surface area (Å²) in [5.74, 6) is 0.784. The van der Waals surface area contributed by atoms with Gasteiger partial charge in [-0.15, -0.1) is 0 Å². The summed E-state index contributed by atoms with van der Waals surface area (Å²) in [7, 11) is 0. The van der Waals surface area contributed by atoms with Crippen molar-refractivity contribution in [2.45, 2.75) is 32.4 Å². The molecule has 1 N–H and O–H groups in total. The molecule has 2 aromatic carbocycles. The molecule has 138 valence electrons. The molecule has 6 heteroatoms. The number of nitrogens with zero attached hydrogens (tertiary/aromatic N) is 2. The number of nitrogens with one attached hydrogen (secondary N) is 1. The van der Waals surface area contributed by atoms with Crippen LogP contribution in [0, 0.1) is 6.92 Å². The zero-order valence-electron chi connectivity index (χ0n) is 15.1. The number of amides is 1. The van der Waals surface area contributed by atoms with Crippen molar-refractivity contribution in [1.29, 1.82) is 0 Å². The van der Waals surface area contributed by atoms with Crippen molar-refractivity contribution < 1.29 is 9.53 Å². The second kappa shape index (κ2) is 7.23. The number of benzene rings is 2. The number of carbonyl (C=O) groups is 1. The Bertz CT molecular complexity index is 1060. The van der Waals surface area contributed by atoms with E-state index in [2.05, 4.69) is 10.3 Å². The summed E-state index contributed by atoms with van der Waals surface area (Å²) in [4.78, 5) is 29.3. The standard InChI is InChI=1S/C21H21N3O3/c1-14-5-4-7-17-20(14)22-13-24(21(17)26)10-9-19(25)23-16-11-15-6-2-3-8-18(15)27-12-16/h2-8,13,16H,9-12H2,1H3,(H,23,25)/t16-/m0/s1. The summed E-state index contributed by atoms with van der Waals surface area (Å²) in [5, 5.41) is 3.57. The molecule has 0 aliphatic carbocycles. The van der Waals surface area contributed by atoms with Crippen LogP contribution in [0.1, 0.15) is 17.5 Å². The van der Waals surface area contributed by atoms with Crippen LogP contribution in [-0.4, -0.2) is 28.1 Å². The number of rotatable bonds is 4. The summed E-state index contributed by atoms with van der Waals surface area (Å²) < 4.78 is 7.19. The van der Waals surface area contributed by atoms with Gasteiger partial charge in [-0.05, 0) is 36.6 Å². The first-order chi connectivity index (χ1) is 13.1. The third-order valence-corrected chi connectivity index (χ3v) is 4.88. The maximum absolute atomic E-state index is 12.6. The van der Waals surface area contributed by atoms with Crippen LogP contribution < -0.4 is 15.6 Å². The van der Waals surface area contributed by atoms with Gasteiger partial charge < -0.3 is 10.1 Å². The highest BCUT2D eigenvalue weighted by molar-refractivity contribution is 5.80. The van der Waals surface area contributed by atoms with Gasteiger partial charge in [-0.3, -0.25) is 14.2 Å². The molecule has 3 aromatic rings. The Hall–Kier alpha value is -3.15. The molecule has 27 heavy (non-hydrogen) atoms. The minimum absolute atomic E-state index is 0.0542. The molecule has 0 fully saturated rings. The van der Waals surface area contributed by atoms with E-state index < -0.39 is 0 Å². The number of para-hydroxylation sites is 2. The number of aryl methyl sites for hydroxylation is 2. The largest absolute Gasteiger partial charge is 0.491 e. The van der Waals surface area contributed by atoms with E-state index in [1.807, 2.05) is 43.3 Å². The van der Waals surface area contributed by atoms with E-state index in [0.717, 1.165) is 23.3 Å². The smallest absolute Gasteiger partial charge is 0.261 e. The van der Waals surface area contributed by atoms with E-state index in [0.29, 0.717) is 24.1 Å². The number of carbonyl (C=O) groups excluding carboxylic acids is 1. The number of ether oxygens (including phenoxy) is 1. The molecule has 1 aliphatic heterocycles. The first kappa shape index (κ1) is 17.3. The zero-order chi connectivity index (χ0) is 18.8. The van der Waals surface area contributed by atoms with E-state index in [4.69, 9.17) is 4.74 Å². The van der Waals surface area contributed by atoms with Crippen LogP contribution in [0.5, 0.6) is 5.75 Å². The van der Waals surface area contributed by atoms with E-state index >= 15 is 0 Å². The molecule has 6 nitrogen and oxygen atoms in total. The second-order valence-electron chi connectivity index (χ2n) is 6.85. The van der Waals surface area contributed by atoms with Gasteiger partial charge in [0.15, 0.2) is 0 Å². The Morgan fingerprint density at radius 1 is 1.26 bits per heavy atom. The van der Waals surface area contributed by atoms with Gasteiger partial charge in [0.25, 0.3) is 5.56 Å². The second-order valence-corrected chi connectivity index (χ2v) is 6.85. The molecule has 4 rings (SSSR count). The van der Waals surface area contributed by atoms with E-state index in [1.54, 1.807) is 6.07 Å². The fourth-order valence-electron chi connectivity index (χ4n) is 3.44. The van der Waals surface area contributed by atoms with Gasteiger partial charge in [0, 0.05) is 13.0 Å². The SMILES string of the molecule is Cc1cccc2c(=O)n(CCC(=O)N[C@@H]3COc4ccccc4C3)cnc12. The van der Waals surface area contributed by atoms with Crippen LogP contribution in [0.15, 0.2) is 53.6 Å². The molecular weight excluding hydrogens is 342 g/mol. The van der Waals surface area contributed by atoms with Crippen molar-refractivity contribution in [3.63, 3.8) is 0 Å². The molecule has 1 amide bonds. The van der Waals surface area contributed by atoms with Gasteiger partial charge in [-0.25, -0.2) is 4.98 Å². The molecule has 1 aromatic heterocycles. The van der Waals surface area contributed by atoms with Gasteiger partial charge in [0.2, 0.25) is 5.91 Å². The van der Waals surface area contributed by atoms with Crippen LogP contribution in [0.3, 0.4) is 0 Å². The third kappa shape index (κ3) is 3.56. The third-order valence-electron chi connectivity index (χ3n) is 4.88. The maximum atomic E-state index is 12.6. The van der Waals surface area contributed by atoms with Crippen LogP contribution >= 0.6 is 0 Å². The summed E-state index contributed by atoms with van der Waals surface area (Å²) in [6.45, 7) is 2.68. The minimum atomic E-state index is -0.119. The number of hydrogen-bond acceptors (Lipinski definition) is 4. The lowest BCUT2D eigenvalue weighted by Crippen LogP contribution is -2.43. The Morgan fingerprint density at radius 2 is 2.11 bits per heavy atom. The molecule has 2 heterocycles. The number of aromatic nitrogens is 2. The van der Waals surface area contributed by atoms with Crippen molar-refractivity contribution in [3.05, 3.63) is 70.3 Å².